The number of ether oxygens (including phenoxy) is 1. The van der Waals surface area contributed by atoms with Gasteiger partial charge in [0, 0.05) is 24.4 Å². The van der Waals surface area contributed by atoms with E-state index in [4.69, 9.17) is 9.72 Å². The lowest BCUT2D eigenvalue weighted by Crippen LogP contribution is -2.57. The van der Waals surface area contributed by atoms with Crippen molar-refractivity contribution < 1.29 is 27.5 Å². The number of carbonyl (C=O) groups is 3. The number of nitrogens with one attached hydrogen (secondary N) is 3. The normalized spacial score (nSPS) is 26.8. The summed E-state index contributed by atoms with van der Waals surface area (Å²) in [7, 11) is -3.83. The summed E-state index contributed by atoms with van der Waals surface area (Å²) in [5.41, 5.74) is 0.888. The molecule has 5 atom stereocenters. The highest BCUT2D eigenvalue weighted by Gasteiger charge is 2.62. The van der Waals surface area contributed by atoms with E-state index in [-0.39, 0.29) is 31.2 Å². The summed E-state index contributed by atoms with van der Waals surface area (Å²) in [4.78, 5) is 50.4. The van der Waals surface area contributed by atoms with Crippen LogP contribution in [0.4, 0.5) is 5.13 Å². The van der Waals surface area contributed by atoms with E-state index in [2.05, 4.69) is 27.5 Å². The molecule has 0 bridgehead atoms. The highest BCUT2D eigenvalue weighted by Crippen LogP contribution is 2.46. The Morgan fingerprint density at radius 2 is 1.68 bits per heavy atom. The Kier molecular flexibility index (Phi) is 10.5. The number of fused-ring (bicyclic) bond motifs is 2. The number of anilines is 1. The number of thiazole rings is 1. The van der Waals surface area contributed by atoms with Gasteiger partial charge < -0.3 is 20.3 Å². The summed E-state index contributed by atoms with van der Waals surface area (Å²) in [5.74, 6) is -1.80. The zero-order chi connectivity index (χ0) is 37.4. The van der Waals surface area contributed by atoms with Gasteiger partial charge in [-0.05, 0) is 64.9 Å². The van der Waals surface area contributed by atoms with E-state index in [1.807, 2.05) is 81.5 Å². The Morgan fingerprint density at radius 1 is 0.981 bits per heavy atom. The van der Waals surface area contributed by atoms with Crippen LogP contribution in [0, 0.1) is 5.92 Å². The van der Waals surface area contributed by atoms with E-state index in [0.29, 0.717) is 24.4 Å². The van der Waals surface area contributed by atoms with E-state index in [1.165, 1.54) is 11.3 Å². The molecule has 3 heterocycles. The summed E-state index contributed by atoms with van der Waals surface area (Å²) in [6, 6.07) is 18.4. The molecule has 0 radical (unpaired) electrons. The third kappa shape index (κ3) is 8.52. The van der Waals surface area contributed by atoms with Gasteiger partial charge in [0.15, 0.2) is 5.13 Å². The van der Waals surface area contributed by atoms with Crippen LogP contribution in [0.25, 0.3) is 21.7 Å². The van der Waals surface area contributed by atoms with Gasteiger partial charge in [-0.2, -0.15) is 0 Å². The maximum Gasteiger partial charge on any atom is 0.259 e. The van der Waals surface area contributed by atoms with Gasteiger partial charge in [-0.1, -0.05) is 97.0 Å². The summed E-state index contributed by atoms with van der Waals surface area (Å²) in [5, 5.41) is 6.48. The van der Waals surface area contributed by atoms with Crippen LogP contribution in [0.2, 0.25) is 0 Å². The minimum Gasteiger partial charge on any atom is -0.371 e. The van der Waals surface area contributed by atoms with Gasteiger partial charge in [-0.3, -0.25) is 19.1 Å². The summed E-state index contributed by atoms with van der Waals surface area (Å²) < 4.78 is 34.2. The van der Waals surface area contributed by atoms with Crippen LogP contribution in [0.3, 0.4) is 0 Å². The first-order chi connectivity index (χ1) is 25.3. The smallest absolute Gasteiger partial charge is 0.259 e. The van der Waals surface area contributed by atoms with Gasteiger partial charge in [0.2, 0.25) is 21.8 Å². The second-order valence-corrected chi connectivity index (χ2v) is 18.7. The Labute approximate surface area is 316 Å². The van der Waals surface area contributed by atoms with Crippen molar-refractivity contribution >= 4 is 44.2 Å². The van der Waals surface area contributed by atoms with Gasteiger partial charge >= 0.3 is 0 Å². The topological polar surface area (TPSA) is 147 Å². The summed E-state index contributed by atoms with van der Waals surface area (Å²) in [6.07, 6.45) is 8.91. The predicted octanol–water partition coefficient (Wildman–Crippen LogP) is 6.05. The van der Waals surface area contributed by atoms with E-state index >= 15 is 0 Å². The first-order valence-corrected chi connectivity index (χ1v) is 21.1. The van der Waals surface area contributed by atoms with Crippen LogP contribution in [0.1, 0.15) is 78.6 Å². The number of benzene rings is 2. The molecule has 7 rings (SSSR count). The molecule has 2 aliphatic carbocycles. The quantitative estimate of drug-likeness (QED) is 0.236. The third-order valence-electron chi connectivity index (χ3n) is 10.4. The standard InChI is InChI=1S/C40H49N5O6S2/c1-39(2,3)51-29-23-32-35(46)43-40(37(48)44-53(49,50)30-21-22-30)24-28(40)19-13-5-4-6-14-20-31(36(47)45(32)25-29)41-38-42-33(26-15-9-7-10-16-26)34(52-38)27-17-11-8-12-18-27/h7-13,15-19,28-32H,4-6,14,20-25H2,1-3H3,(H,41,42)(H,43,46)(H,44,48)/t28-,29-,31+,32+,40-/m1/s1. The van der Waals surface area contributed by atoms with Gasteiger partial charge in [0.1, 0.15) is 17.6 Å². The number of allylic oxidation sites excluding steroid dienone is 1. The second-order valence-electron chi connectivity index (χ2n) is 15.7. The Hall–Kier alpha value is -4.07. The maximum absolute atomic E-state index is 14.8. The van der Waals surface area contributed by atoms with E-state index in [1.54, 1.807) is 4.90 Å². The van der Waals surface area contributed by atoms with Crippen LogP contribution in [0.15, 0.2) is 72.8 Å². The van der Waals surface area contributed by atoms with Crippen molar-refractivity contribution in [3.8, 4) is 21.7 Å². The van der Waals surface area contributed by atoms with Crippen molar-refractivity contribution in [3.63, 3.8) is 0 Å². The number of carbonyl (C=O) groups excluding carboxylic acids is 3. The van der Waals surface area contributed by atoms with E-state index < -0.39 is 56.4 Å². The van der Waals surface area contributed by atoms with Crippen LogP contribution in [0.5, 0.6) is 0 Å². The molecule has 2 aromatic carbocycles. The Morgan fingerprint density at radius 3 is 2.36 bits per heavy atom. The van der Waals surface area contributed by atoms with Crippen LogP contribution >= 0.6 is 11.3 Å². The van der Waals surface area contributed by atoms with Gasteiger partial charge in [-0.15, -0.1) is 0 Å². The zero-order valence-corrected chi connectivity index (χ0v) is 32.2. The molecule has 53 heavy (non-hydrogen) atoms. The fourth-order valence-corrected chi connectivity index (χ4v) is 9.86. The van der Waals surface area contributed by atoms with Crippen molar-refractivity contribution in [2.45, 2.75) is 113 Å². The summed E-state index contributed by atoms with van der Waals surface area (Å²) >= 11 is 1.49. The number of hydrogen-bond donors (Lipinski definition) is 3. The lowest BCUT2D eigenvalue weighted by Gasteiger charge is -2.30. The molecule has 3 fully saturated rings. The first-order valence-electron chi connectivity index (χ1n) is 18.7. The molecule has 1 saturated heterocycles. The van der Waals surface area contributed by atoms with Crippen molar-refractivity contribution in [3.05, 3.63) is 72.8 Å². The monoisotopic (exact) mass is 759 g/mol. The molecule has 0 spiro atoms. The molecule has 3 N–H and O–H groups in total. The number of nitrogens with zero attached hydrogens (tertiary/aromatic N) is 2. The molecule has 2 aliphatic heterocycles. The highest BCUT2D eigenvalue weighted by atomic mass is 32.2. The fraction of sp³-hybridized carbons (Fsp3) is 0.500. The van der Waals surface area contributed by atoms with Crippen LogP contribution < -0.4 is 15.4 Å². The zero-order valence-electron chi connectivity index (χ0n) is 30.5. The average molecular weight is 760 g/mol. The molecule has 2 saturated carbocycles. The Bertz CT molecular complexity index is 1900. The van der Waals surface area contributed by atoms with E-state index in [9.17, 15) is 22.8 Å². The van der Waals surface area contributed by atoms with Gasteiger partial charge in [0.05, 0.1) is 27.5 Å². The molecule has 3 aromatic rings. The maximum atomic E-state index is 14.8. The predicted molar refractivity (Wildman–Crippen MR) is 206 cm³/mol. The molecule has 0 unspecified atom stereocenters. The first kappa shape index (κ1) is 37.3. The van der Waals surface area contributed by atoms with Crippen molar-refractivity contribution in [1.29, 1.82) is 0 Å². The van der Waals surface area contributed by atoms with Crippen molar-refractivity contribution in [1.82, 2.24) is 19.9 Å². The lowest BCUT2D eigenvalue weighted by molar-refractivity contribution is -0.140. The molecule has 11 nitrogen and oxygen atoms in total. The third-order valence-corrected chi connectivity index (χ3v) is 13.2. The SMILES string of the molecule is CC(C)(C)O[C@@H]1C[C@H]2C(=O)N[C@]3(C(=O)NS(=O)(=O)C4CC4)C[C@H]3C=CCCCCC[C@H](Nc3nc(-c4ccccc4)c(-c4ccccc4)s3)C(=O)N2C1. The highest BCUT2D eigenvalue weighted by molar-refractivity contribution is 7.91. The number of amides is 3. The number of rotatable bonds is 8. The van der Waals surface area contributed by atoms with Crippen molar-refractivity contribution in [2.24, 2.45) is 5.92 Å². The molecule has 1 aromatic heterocycles. The second kappa shape index (κ2) is 15.0. The van der Waals surface area contributed by atoms with Gasteiger partial charge in [0.25, 0.3) is 5.91 Å². The molecule has 4 aliphatic rings. The van der Waals surface area contributed by atoms with E-state index in [0.717, 1.165) is 47.4 Å². The molecular weight excluding hydrogens is 711 g/mol. The largest absolute Gasteiger partial charge is 0.371 e. The number of aromatic nitrogens is 1. The Balaban J connectivity index is 1.20. The number of sulfonamides is 1. The number of hydrogen-bond acceptors (Lipinski definition) is 9. The van der Waals surface area contributed by atoms with Gasteiger partial charge in [-0.25, -0.2) is 13.4 Å². The fourth-order valence-electron chi connectivity index (χ4n) is 7.46. The molecule has 3 amide bonds. The van der Waals surface area contributed by atoms with Crippen molar-refractivity contribution in [2.75, 3.05) is 11.9 Å². The minimum absolute atomic E-state index is 0.202. The molecule has 282 valence electrons. The average Bonchev–Trinajstić information content (AvgIpc) is 4.02. The molecular formula is C40H49N5O6S2. The molecule has 13 heteroatoms. The van der Waals surface area contributed by atoms with Crippen LogP contribution in [-0.2, 0) is 29.1 Å². The minimum atomic E-state index is -3.83. The summed E-state index contributed by atoms with van der Waals surface area (Å²) in [6.45, 7) is 6.02. The van der Waals surface area contributed by atoms with Crippen LogP contribution in [-0.4, -0.2) is 77.1 Å². The lowest BCUT2D eigenvalue weighted by atomic mass is 10.0.